The molecule has 0 bridgehead atoms. The van der Waals surface area contributed by atoms with Gasteiger partial charge in [0.1, 0.15) is 0 Å². The van der Waals surface area contributed by atoms with E-state index >= 15 is 0 Å². The first kappa shape index (κ1) is 14.4. The molecule has 1 aromatic heterocycles. The summed E-state index contributed by atoms with van der Waals surface area (Å²) in [6, 6.07) is -0.258. The van der Waals surface area contributed by atoms with E-state index in [9.17, 15) is 0 Å². The van der Waals surface area contributed by atoms with E-state index in [2.05, 4.69) is 34.0 Å². The van der Waals surface area contributed by atoms with Gasteiger partial charge in [-0.2, -0.15) is 4.98 Å². The first-order chi connectivity index (χ1) is 9.11. The van der Waals surface area contributed by atoms with Crippen LogP contribution < -0.4 is 5.73 Å². The number of nitrogens with two attached hydrogens (primary N) is 1. The van der Waals surface area contributed by atoms with Gasteiger partial charge in [-0.25, -0.2) is 0 Å². The summed E-state index contributed by atoms with van der Waals surface area (Å²) in [4.78, 5) is 8.92. The highest BCUT2D eigenvalue weighted by Gasteiger charge is 2.27. The van der Waals surface area contributed by atoms with Crippen LogP contribution in [0.3, 0.4) is 0 Å². The summed E-state index contributed by atoms with van der Waals surface area (Å²) >= 11 is 0. The second-order valence-corrected chi connectivity index (χ2v) is 5.22. The lowest BCUT2D eigenvalue weighted by Gasteiger charge is -2.24. The van der Waals surface area contributed by atoms with Crippen molar-refractivity contribution in [2.45, 2.75) is 24.9 Å². The number of hydrogen-bond donors (Lipinski definition) is 2. The Bertz CT molecular complexity index is 397. The van der Waals surface area contributed by atoms with E-state index in [4.69, 9.17) is 15.4 Å². The van der Waals surface area contributed by atoms with Crippen LogP contribution in [0.4, 0.5) is 0 Å². The number of aliphatic hydroxyl groups is 1. The van der Waals surface area contributed by atoms with Gasteiger partial charge in [0.05, 0.1) is 12.1 Å². The molecule has 0 saturated carbocycles. The Kier molecular flexibility index (Phi) is 4.87. The number of nitrogens with zero attached hydrogens (tertiary/aromatic N) is 4. The van der Waals surface area contributed by atoms with Crippen molar-refractivity contribution in [3.8, 4) is 0 Å². The van der Waals surface area contributed by atoms with Crippen molar-refractivity contribution in [2.24, 2.45) is 5.73 Å². The molecule has 0 spiro atoms. The molecule has 0 aromatic carbocycles. The van der Waals surface area contributed by atoms with Crippen molar-refractivity contribution in [1.29, 1.82) is 0 Å². The van der Waals surface area contributed by atoms with Crippen molar-refractivity contribution in [3.63, 3.8) is 0 Å². The van der Waals surface area contributed by atoms with Crippen LogP contribution in [0.1, 0.15) is 36.6 Å². The highest BCUT2D eigenvalue weighted by molar-refractivity contribution is 4.99. The molecular formula is C12H23N5O2. The van der Waals surface area contributed by atoms with Gasteiger partial charge >= 0.3 is 0 Å². The standard InChI is InChI=1S/C12H23N5O2/c1-16-5-3-6-17(2)10(8-16)11-14-12(19-15-11)9(13)4-7-18/h9-10,18H,3-8,13H2,1-2H3. The molecule has 1 fully saturated rings. The zero-order valence-corrected chi connectivity index (χ0v) is 11.6. The molecule has 7 heteroatoms. The summed E-state index contributed by atoms with van der Waals surface area (Å²) in [6.07, 6.45) is 1.57. The summed E-state index contributed by atoms with van der Waals surface area (Å²) in [5.74, 6) is 1.09. The van der Waals surface area contributed by atoms with Crippen LogP contribution in [0.2, 0.25) is 0 Å². The molecule has 0 aliphatic carbocycles. The smallest absolute Gasteiger partial charge is 0.243 e. The molecule has 2 heterocycles. The second-order valence-electron chi connectivity index (χ2n) is 5.22. The minimum atomic E-state index is -0.389. The molecule has 7 nitrogen and oxygen atoms in total. The Morgan fingerprint density at radius 1 is 1.47 bits per heavy atom. The maximum Gasteiger partial charge on any atom is 0.243 e. The quantitative estimate of drug-likeness (QED) is 0.779. The number of rotatable bonds is 4. The molecular weight excluding hydrogens is 246 g/mol. The van der Waals surface area contributed by atoms with E-state index in [0.29, 0.717) is 18.1 Å². The van der Waals surface area contributed by atoms with Gasteiger partial charge in [0, 0.05) is 13.2 Å². The zero-order valence-electron chi connectivity index (χ0n) is 11.6. The molecule has 1 aliphatic heterocycles. The monoisotopic (exact) mass is 269 g/mol. The van der Waals surface area contributed by atoms with Crippen molar-refractivity contribution in [1.82, 2.24) is 19.9 Å². The van der Waals surface area contributed by atoms with Crippen LogP contribution in [0, 0.1) is 0 Å². The Morgan fingerprint density at radius 3 is 3.00 bits per heavy atom. The minimum absolute atomic E-state index is 0.0188. The van der Waals surface area contributed by atoms with Crippen LogP contribution in [0.25, 0.3) is 0 Å². The number of hydrogen-bond acceptors (Lipinski definition) is 7. The van der Waals surface area contributed by atoms with E-state index < -0.39 is 0 Å². The third kappa shape index (κ3) is 3.50. The Labute approximate surface area is 113 Å². The number of aliphatic hydroxyl groups excluding tert-OH is 1. The minimum Gasteiger partial charge on any atom is -0.396 e. The van der Waals surface area contributed by atoms with Gasteiger partial charge in [0.2, 0.25) is 5.89 Å². The largest absolute Gasteiger partial charge is 0.396 e. The lowest BCUT2D eigenvalue weighted by Crippen LogP contribution is -2.31. The van der Waals surface area contributed by atoms with Crippen LogP contribution in [0.5, 0.6) is 0 Å². The molecule has 3 N–H and O–H groups in total. The van der Waals surface area contributed by atoms with Crippen LogP contribution >= 0.6 is 0 Å². The lowest BCUT2D eigenvalue weighted by molar-refractivity contribution is 0.214. The Morgan fingerprint density at radius 2 is 2.26 bits per heavy atom. The fourth-order valence-electron chi connectivity index (χ4n) is 2.35. The normalized spacial score (nSPS) is 24.3. The van der Waals surface area contributed by atoms with Gasteiger partial charge in [0.15, 0.2) is 5.82 Å². The predicted octanol–water partition coefficient (Wildman–Crippen LogP) is -0.240. The number of aromatic nitrogens is 2. The average molecular weight is 269 g/mol. The third-order valence-electron chi connectivity index (χ3n) is 3.58. The summed E-state index contributed by atoms with van der Waals surface area (Å²) in [6.45, 7) is 2.99. The predicted molar refractivity (Wildman–Crippen MR) is 70.4 cm³/mol. The summed E-state index contributed by atoms with van der Waals surface area (Å²) in [7, 11) is 4.18. The maximum atomic E-state index is 8.88. The highest BCUT2D eigenvalue weighted by atomic mass is 16.5. The molecule has 0 amide bonds. The summed E-state index contributed by atoms with van der Waals surface area (Å²) in [5, 5.41) is 12.9. The fraction of sp³-hybridized carbons (Fsp3) is 0.833. The van der Waals surface area contributed by atoms with E-state index in [1.54, 1.807) is 0 Å². The van der Waals surface area contributed by atoms with Crippen molar-refractivity contribution in [2.75, 3.05) is 40.3 Å². The van der Waals surface area contributed by atoms with Crippen LogP contribution in [0.15, 0.2) is 4.52 Å². The van der Waals surface area contributed by atoms with Gasteiger partial charge in [-0.05, 0) is 40.0 Å². The van der Waals surface area contributed by atoms with Gasteiger partial charge < -0.3 is 20.3 Å². The zero-order chi connectivity index (χ0) is 13.8. The van der Waals surface area contributed by atoms with Crippen molar-refractivity contribution >= 4 is 0 Å². The van der Waals surface area contributed by atoms with Crippen molar-refractivity contribution < 1.29 is 9.63 Å². The van der Waals surface area contributed by atoms with E-state index in [0.717, 1.165) is 26.1 Å². The molecule has 2 rings (SSSR count). The molecule has 19 heavy (non-hydrogen) atoms. The molecule has 1 aromatic rings. The molecule has 2 atom stereocenters. The average Bonchev–Trinajstić information content (AvgIpc) is 2.79. The molecule has 108 valence electrons. The van der Waals surface area contributed by atoms with Crippen LogP contribution in [-0.2, 0) is 0 Å². The first-order valence-corrected chi connectivity index (χ1v) is 6.70. The van der Waals surface area contributed by atoms with Gasteiger partial charge in [-0.1, -0.05) is 5.16 Å². The van der Waals surface area contributed by atoms with E-state index in [1.165, 1.54) is 0 Å². The molecule has 1 saturated heterocycles. The summed E-state index contributed by atoms with van der Waals surface area (Å²) in [5.41, 5.74) is 5.86. The maximum absolute atomic E-state index is 8.88. The Balaban J connectivity index is 2.11. The van der Waals surface area contributed by atoms with E-state index in [-0.39, 0.29) is 18.7 Å². The molecule has 1 aliphatic rings. The van der Waals surface area contributed by atoms with Gasteiger partial charge in [0.25, 0.3) is 0 Å². The number of likely N-dealkylation sites (N-methyl/N-ethyl adjacent to an activating group) is 2. The third-order valence-corrected chi connectivity index (χ3v) is 3.58. The lowest BCUT2D eigenvalue weighted by atomic mass is 10.2. The van der Waals surface area contributed by atoms with Gasteiger partial charge in [-0.15, -0.1) is 0 Å². The topological polar surface area (TPSA) is 91.7 Å². The van der Waals surface area contributed by atoms with Crippen molar-refractivity contribution in [3.05, 3.63) is 11.7 Å². The first-order valence-electron chi connectivity index (χ1n) is 6.70. The molecule has 0 radical (unpaired) electrons. The summed E-state index contributed by atoms with van der Waals surface area (Å²) < 4.78 is 5.21. The van der Waals surface area contributed by atoms with Crippen LogP contribution in [-0.4, -0.2) is 65.4 Å². The molecule has 2 unspecified atom stereocenters. The fourth-order valence-corrected chi connectivity index (χ4v) is 2.35. The Hall–Kier alpha value is -1.02. The van der Waals surface area contributed by atoms with Gasteiger partial charge in [-0.3, -0.25) is 4.90 Å². The van der Waals surface area contributed by atoms with E-state index in [1.807, 2.05) is 0 Å². The second kappa shape index (κ2) is 6.42. The highest BCUT2D eigenvalue weighted by Crippen LogP contribution is 2.22. The SMILES string of the molecule is CN1CCCN(C)C(c2noc(C(N)CCO)n2)C1.